The van der Waals surface area contributed by atoms with Crippen molar-refractivity contribution in [3.63, 3.8) is 0 Å². The van der Waals surface area contributed by atoms with Crippen LogP contribution in [0.1, 0.15) is 44.9 Å². The van der Waals surface area contributed by atoms with Gasteiger partial charge in [-0.3, -0.25) is 4.79 Å². The molecule has 1 unspecified atom stereocenters. The highest BCUT2D eigenvalue weighted by atomic mass is 16.5. The molecular weight excluding hydrogens is 278 g/mol. The number of hydrogen-bond donors (Lipinski definition) is 1. The van der Waals surface area contributed by atoms with Crippen LogP contribution in [-0.4, -0.2) is 25.2 Å². The van der Waals surface area contributed by atoms with Gasteiger partial charge in [0.15, 0.2) is 0 Å². The highest BCUT2D eigenvalue weighted by molar-refractivity contribution is 5.90. The van der Waals surface area contributed by atoms with E-state index in [1.807, 2.05) is 24.3 Å². The average Bonchev–Trinajstić information content (AvgIpc) is 3.20. The Balaban J connectivity index is 1.43. The summed E-state index contributed by atoms with van der Waals surface area (Å²) in [5.41, 5.74) is 0.840. The van der Waals surface area contributed by atoms with Gasteiger partial charge in [0.1, 0.15) is 12.4 Å². The first kappa shape index (κ1) is 15.3. The molecule has 2 aliphatic rings. The van der Waals surface area contributed by atoms with Crippen molar-refractivity contribution >= 4 is 11.6 Å². The molecule has 1 N–H and O–H groups in total. The summed E-state index contributed by atoms with van der Waals surface area (Å²) in [6.45, 7) is 1.45. The third-order valence-electron chi connectivity index (χ3n) is 4.55. The first-order valence-electron chi connectivity index (χ1n) is 8.44. The van der Waals surface area contributed by atoms with Crippen molar-refractivity contribution in [3.05, 3.63) is 24.3 Å². The van der Waals surface area contributed by atoms with Crippen LogP contribution in [0.2, 0.25) is 0 Å². The number of carbonyl (C=O) groups excluding carboxylic acids is 1. The second kappa shape index (κ2) is 7.63. The Morgan fingerprint density at radius 3 is 2.59 bits per heavy atom. The molecule has 120 valence electrons. The van der Waals surface area contributed by atoms with Gasteiger partial charge in [-0.15, -0.1) is 0 Å². The van der Waals surface area contributed by atoms with Crippen LogP contribution in [-0.2, 0) is 9.53 Å². The normalized spacial score (nSPS) is 21.9. The van der Waals surface area contributed by atoms with Gasteiger partial charge < -0.3 is 14.8 Å². The molecule has 0 radical (unpaired) electrons. The van der Waals surface area contributed by atoms with Crippen LogP contribution in [0.5, 0.6) is 5.75 Å². The molecule has 1 aromatic carbocycles. The smallest absolute Gasteiger partial charge is 0.224 e. The van der Waals surface area contributed by atoms with Gasteiger partial charge in [-0.2, -0.15) is 0 Å². The number of carbonyl (C=O) groups is 1. The van der Waals surface area contributed by atoms with Gasteiger partial charge in [0.05, 0.1) is 6.10 Å². The summed E-state index contributed by atoms with van der Waals surface area (Å²) < 4.78 is 11.3. The maximum absolute atomic E-state index is 12.0. The van der Waals surface area contributed by atoms with Gasteiger partial charge in [0.25, 0.3) is 0 Å². The number of rotatable bonds is 6. The van der Waals surface area contributed by atoms with E-state index in [1.54, 1.807) is 0 Å². The van der Waals surface area contributed by atoms with Gasteiger partial charge in [-0.1, -0.05) is 12.8 Å². The molecule has 0 spiro atoms. The molecular formula is C18H25NO3. The van der Waals surface area contributed by atoms with E-state index in [1.165, 1.54) is 25.7 Å². The van der Waals surface area contributed by atoms with Crippen molar-refractivity contribution in [2.24, 2.45) is 5.92 Å². The first-order valence-corrected chi connectivity index (χ1v) is 8.44. The fraction of sp³-hybridized carbons (Fsp3) is 0.611. The summed E-state index contributed by atoms with van der Waals surface area (Å²) in [5, 5.41) is 2.97. The zero-order valence-corrected chi connectivity index (χ0v) is 13.1. The lowest BCUT2D eigenvalue weighted by Crippen LogP contribution is -2.16. The third kappa shape index (κ3) is 4.47. The van der Waals surface area contributed by atoms with E-state index in [0.29, 0.717) is 18.9 Å². The topological polar surface area (TPSA) is 47.6 Å². The quantitative estimate of drug-likeness (QED) is 0.870. The highest BCUT2D eigenvalue weighted by Crippen LogP contribution is 2.28. The van der Waals surface area contributed by atoms with Crippen molar-refractivity contribution in [2.45, 2.75) is 51.0 Å². The number of hydrogen-bond acceptors (Lipinski definition) is 3. The second-order valence-electron chi connectivity index (χ2n) is 6.37. The van der Waals surface area contributed by atoms with Crippen molar-refractivity contribution in [1.29, 1.82) is 0 Å². The van der Waals surface area contributed by atoms with Crippen LogP contribution in [0.4, 0.5) is 5.69 Å². The molecule has 4 heteroatoms. The predicted octanol–water partition coefficient (Wildman–Crippen LogP) is 3.76. The molecule has 1 saturated carbocycles. The van der Waals surface area contributed by atoms with E-state index in [9.17, 15) is 4.79 Å². The van der Waals surface area contributed by atoms with Crippen molar-refractivity contribution in [2.75, 3.05) is 18.5 Å². The molecule has 1 heterocycles. The summed E-state index contributed by atoms with van der Waals surface area (Å²) in [6.07, 6.45) is 8.02. The first-order chi connectivity index (χ1) is 10.8. The van der Waals surface area contributed by atoms with Gasteiger partial charge >= 0.3 is 0 Å². The van der Waals surface area contributed by atoms with Crippen molar-refractivity contribution in [3.8, 4) is 5.75 Å². The van der Waals surface area contributed by atoms with Gasteiger partial charge in [-0.05, 0) is 55.9 Å². The molecule has 2 fully saturated rings. The van der Waals surface area contributed by atoms with E-state index in [-0.39, 0.29) is 12.0 Å². The van der Waals surface area contributed by atoms with E-state index in [0.717, 1.165) is 30.9 Å². The molecule has 1 aromatic rings. The molecule has 1 aliphatic carbocycles. The highest BCUT2D eigenvalue weighted by Gasteiger charge is 2.18. The van der Waals surface area contributed by atoms with E-state index in [4.69, 9.17) is 9.47 Å². The van der Waals surface area contributed by atoms with Gasteiger partial charge in [-0.25, -0.2) is 0 Å². The summed E-state index contributed by atoms with van der Waals surface area (Å²) in [7, 11) is 0. The number of ether oxygens (including phenoxy) is 2. The molecule has 4 nitrogen and oxygen atoms in total. The molecule has 22 heavy (non-hydrogen) atoms. The van der Waals surface area contributed by atoms with E-state index < -0.39 is 0 Å². The Morgan fingerprint density at radius 2 is 1.91 bits per heavy atom. The minimum atomic E-state index is 0.125. The fourth-order valence-corrected chi connectivity index (χ4v) is 3.29. The Bertz CT molecular complexity index is 474. The maximum Gasteiger partial charge on any atom is 0.224 e. The predicted molar refractivity (Wildman–Crippen MR) is 86.1 cm³/mol. The van der Waals surface area contributed by atoms with Crippen LogP contribution < -0.4 is 10.1 Å². The van der Waals surface area contributed by atoms with Crippen LogP contribution in [0.3, 0.4) is 0 Å². The second-order valence-corrected chi connectivity index (χ2v) is 6.37. The maximum atomic E-state index is 12.0. The molecule has 3 rings (SSSR count). The number of amides is 1. The lowest BCUT2D eigenvalue weighted by atomic mass is 10.0. The molecule has 0 bridgehead atoms. The molecule has 1 saturated heterocycles. The summed E-state index contributed by atoms with van der Waals surface area (Å²) in [6, 6.07) is 7.61. The average molecular weight is 303 g/mol. The number of nitrogens with one attached hydrogen (secondary N) is 1. The minimum Gasteiger partial charge on any atom is -0.491 e. The van der Waals surface area contributed by atoms with Crippen molar-refractivity contribution < 1.29 is 14.3 Å². The number of anilines is 1. The van der Waals surface area contributed by atoms with Crippen LogP contribution in [0.25, 0.3) is 0 Å². The lowest BCUT2D eigenvalue weighted by Gasteiger charge is -2.12. The zero-order valence-electron chi connectivity index (χ0n) is 13.1. The molecule has 0 aromatic heterocycles. The standard InChI is InChI=1S/C18H25NO3/c20-18(12-14-4-1-2-5-14)19-15-7-9-16(10-8-15)22-13-17-6-3-11-21-17/h7-10,14,17H,1-6,11-13H2,(H,19,20). The monoisotopic (exact) mass is 303 g/mol. The Kier molecular flexibility index (Phi) is 5.33. The summed E-state index contributed by atoms with van der Waals surface area (Å²) in [5.74, 6) is 1.53. The largest absolute Gasteiger partial charge is 0.491 e. The lowest BCUT2D eigenvalue weighted by molar-refractivity contribution is -0.117. The molecule has 1 aliphatic heterocycles. The summed E-state index contributed by atoms with van der Waals surface area (Å²) in [4.78, 5) is 12.0. The Labute approximate surface area is 132 Å². The minimum absolute atomic E-state index is 0.125. The van der Waals surface area contributed by atoms with Gasteiger partial charge in [0.2, 0.25) is 5.91 Å². The van der Waals surface area contributed by atoms with Crippen LogP contribution >= 0.6 is 0 Å². The summed E-state index contributed by atoms with van der Waals surface area (Å²) >= 11 is 0. The molecule has 1 atom stereocenters. The Hall–Kier alpha value is -1.55. The van der Waals surface area contributed by atoms with Crippen LogP contribution in [0.15, 0.2) is 24.3 Å². The Morgan fingerprint density at radius 1 is 1.14 bits per heavy atom. The van der Waals surface area contributed by atoms with Crippen LogP contribution in [0, 0.1) is 5.92 Å². The molecule has 1 amide bonds. The fourth-order valence-electron chi connectivity index (χ4n) is 3.29. The SMILES string of the molecule is O=C(CC1CCCC1)Nc1ccc(OCC2CCCO2)cc1. The van der Waals surface area contributed by atoms with E-state index in [2.05, 4.69) is 5.32 Å². The number of benzene rings is 1. The van der Waals surface area contributed by atoms with Gasteiger partial charge in [0, 0.05) is 18.7 Å². The van der Waals surface area contributed by atoms with E-state index >= 15 is 0 Å². The van der Waals surface area contributed by atoms with Crippen molar-refractivity contribution in [1.82, 2.24) is 0 Å². The zero-order chi connectivity index (χ0) is 15.2. The third-order valence-corrected chi connectivity index (χ3v) is 4.55.